The van der Waals surface area contributed by atoms with E-state index in [0.29, 0.717) is 11.6 Å². The summed E-state index contributed by atoms with van der Waals surface area (Å²) in [6.45, 7) is 2.62. The van der Waals surface area contributed by atoms with Gasteiger partial charge in [0.25, 0.3) is 0 Å². The second-order valence-electron chi connectivity index (χ2n) is 5.84. The van der Waals surface area contributed by atoms with Gasteiger partial charge in [-0.15, -0.1) is 0 Å². The second-order valence-corrected chi connectivity index (χ2v) is 5.84. The van der Waals surface area contributed by atoms with Gasteiger partial charge in [0, 0.05) is 17.8 Å². The van der Waals surface area contributed by atoms with Crippen molar-refractivity contribution >= 4 is 17.5 Å². The Hall–Kier alpha value is -2.56. The van der Waals surface area contributed by atoms with E-state index >= 15 is 0 Å². The molecule has 0 amide bonds. The minimum absolute atomic E-state index is 0.0437. The highest BCUT2D eigenvalue weighted by atomic mass is 19.4. The molecule has 27 heavy (non-hydrogen) atoms. The fourth-order valence-electron chi connectivity index (χ4n) is 2.06. The third-order valence-corrected chi connectivity index (χ3v) is 3.49. The van der Waals surface area contributed by atoms with Crippen LogP contribution in [0.15, 0.2) is 24.3 Å². The predicted octanol–water partition coefficient (Wildman–Crippen LogP) is 4.36. The molecule has 11 heteroatoms. The first-order valence-corrected chi connectivity index (χ1v) is 7.68. The lowest BCUT2D eigenvalue weighted by Crippen LogP contribution is -2.22. The van der Waals surface area contributed by atoms with Gasteiger partial charge in [0.1, 0.15) is 5.82 Å². The first-order valence-electron chi connectivity index (χ1n) is 7.68. The molecule has 148 valence electrons. The van der Waals surface area contributed by atoms with Gasteiger partial charge in [-0.05, 0) is 31.5 Å². The monoisotopic (exact) mass is 394 g/mol. The van der Waals surface area contributed by atoms with Gasteiger partial charge in [-0.25, -0.2) is 4.98 Å². The first-order chi connectivity index (χ1) is 12.4. The van der Waals surface area contributed by atoms with Crippen LogP contribution >= 0.6 is 0 Å². The van der Waals surface area contributed by atoms with Gasteiger partial charge in [-0.1, -0.05) is 6.07 Å². The molecule has 0 bridgehead atoms. The Labute approximate surface area is 150 Å². The molecule has 0 fully saturated rings. The molecule has 1 aromatic carbocycles. The molecule has 2 rings (SSSR count). The lowest BCUT2D eigenvalue weighted by atomic mass is 10.1. The van der Waals surface area contributed by atoms with Crippen LogP contribution in [0.1, 0.15) is 23.7 Å². The first kappa shape index (κ1) is 20.7. The van der Waals surface area contributed by atoms with Gasteiger partial charge in [-0.2, -0.15) is 31.3 Å². The number of nitrogens with one attached hydrogen (secondary N) is 2. The molecule has 2 aromatic rings. The summed E-state index contributed by atoms with van der Waals surface area (Å²) in [6, 6.07) is 2.82. The molecule has 1 heterocycles. The fraction of sp³-hybridized carbons (Fsp3) is 0.375. The van der Waals surface area contributed by atoms with Gasteiger partial charge < -0.3 is 15.7 Å². The van der Waals surface area contributed by atoms with Crippen molar-refractivity contribution in [3.63, 3.8) is 0 Å². The SMILES string of the molecule is Cc1ccc(C(F)(F)F)cc1Nc1cc(C(F)(F)F)nc(N[C@@H](C)CO)n1. The average molecular weight is 394 g/mol. The van der Waals surface area contributed by atoms with Crippen molar-refractivity contribution in [2.45, 2.75) is 32.2 Å². The van der Waals surface area contributed by atoms with Crippen molar-refractivity contribution in [1.29, 1.82) is 0 Å². The van der Waals surface area contributed by atoms with E-state index in [0.717, 1.165) is 12.1 Å². The van der Waals surface area contributed by atoms with Gasteiger partial charge in [-0.3, -0.25) is 0 Å². The molecule has 1 aromatic heterocycles. The maximum atomic E-state index is 13.1. The summed E-state index contributed by atoms with van der Waals surface area (Å²) in [6.07, 6.45) is -9.39. The number of aryl methyl sites for hydroxylation is 1. The van der Waals surface area contributed by atoms with Crippen molar-refractivity contribution in [3.8, 4) is 0 Å². The highest BCUT2D eigenvalue weighted by molar-refractivity contribution is 5.62. The molecule has 0 saturated heterocycles. The van der Waals surface area contributed by atoms with E-state index < -0.39 is 35.6 Å². The molecule has 0 unspecified atom stereocenters. The number of halogens is 6. The minimum atomic E-state index is -4.79. The molecule has 0 spiro atoms. The van der Waals surface area contributed by atoms with Crippen LogP contribution < -0.4 is 10.6 Å². The van der Waals surface area contributed by atoms with E-state index in [9.17, 15) is 26.3 Å². The zero-order chi connectivity index (χ0) is 20.4. The number of hydrogen-bond donors (Lipinski definition) is 3. The smallest absolute Gasteiger partial charge is 0.394 e. The highest BCUT2D eigenvalue weighted by Gasteiger charge is 2.34. The number of aromatic nitrogens is 2. The molecule has 0 aliphatic heterocycles. The predicted molar refractivity (Wildman–Crippen MR) is 86.7 cm³/mol. The molecular weight excluding hydrogens is 378 g/mol. The van der Waals surface area contributed by atoms with Gasteiger partial charge in [0.15, 0.2) is 5.69 Å². The Kier molecular flexibility index (Phi) is 5.83. The summed E-state index contributed by atoms with van der Waals surface area (Å²) in [7, 11) is 0. The van der Waals surface area contributed by atoms with E-state index in [1.54, 1.807) is 0 Å². The van der Waals surface area contributed by atoms with Crippen molar-refractivity contribution in [2.75, 3.05) is 17.2 Å². The number of alkyl halides is 6. The summed E-state index contributed by atoms with van der Waals surface area (Å²) in [5.74, 6) is -0.758. The van der Waals surface area contributed by atoms with Crippen molar-refractivity contribution in [1.82, 2.24) is 9.97 Å². The number of rotatable bonds is 5. The van der Waals surface area contributed by atoms with Crippen molar-refractivity contribution in [3.05, 3.63) is 41.1 Å². The number of nitrogens with zero attached hydrogens (tertiary/aromatic N) is 2. The molecule has 0 radical (unpaired) electrons. The molecule has 5 nitrogen and oxygen atoms in total. The van der Waals surface area contributed by atoms with Crippen LogP contribution in [-0.4, -0.2) is 27.7 Å². The second kappa shape index (κ2) is 7.59. The van der Waals surface area contributed by atoms with Crippen LogP contribution in [0.25, 0.3) is 0 Å². The summed E-state index contributed by atoms with van der Waals surface area (Å²) in [5.41, 5.74) is -1.89. The van der Waals surface area contributed by atoms with Crippen LogP contribution in [0.4, 0.5) is 43.8 Å². The zero-order valence-corrected chi connectivity index (χ0v) is 14.2. The van der Waals surface area contributed by atoms with Gasteiger partial charge in [0.2, 0.25) is 5.95 Å². The fourth-order valence-corrected chi connectivity index (χ4v) is 2.06. The molecule has 0 aliphatic rings. The van der Waals surface area contributed by atoms with Crippen molar-refractivity contribution < 1.29 is 31.4 Å². The molecule has 0 aliphatic carbocycles. The standard InChI is InChI=1S/C16H16F6N4O/c1-8-3-4-10(15(17,18)19)5-11(8)24-13-6-12(16(20,21)22)25-14(26-13)23-9(2)7-27/h3-6,9,27H,7H2,1-2H3,(H2,23,24,25,26)/t9-/m0/s1. The van der Waals surface area contributed by atoms with E-state index in [1.165, 1.54) is 19.9 Å². The Balaban J connectivity index is 2.44. The van der Waals surface area contributed by atoms with Crippen LogP contribution in [0.2, 0.25) is 0 Å². The quantitative estimate of drug-likeness (QED) is 0.658. The lowest BCUT2D eigenvalue weighted by Gasteiger charge is -2.16. The van der Waals surface area contributed by atoms with Crippen molar-refractivity contribution in [2.24, 2.45) is 0 Å². The zero-order valence-electron chi connectivity index (χ0n) is 14.2. The largest absolute Gasteiger partial charge is 0.433 e. The van der Waals surface area contributed by atoms with E-state index in [4.69, 9.17) is 5.11 Å². The van der Waals surface area contributed by atoms with E-state index in [2.05, 4.69) is 20.6 Å². The molecule has 3 N–H and O–H groups in total. The average Bonchev–Trinajstić information content (AvgIpc) is 2.54. The van der Waals surface area contributed by atoms with Crippen LogP contribution in [0, 0.1) is 6.92 Å². The van der Waals surface area contributed by atoms with Gasteiger partial charge >= 0.3 is 12.4 Å². The van der Waals surface area contributed by atoms with Gasteiger partial charge in [0.05, 0.1) is 12.2 Å². The number of benzene rings is 1. The van der Waals surface area contributed by atoms with E-state index in [-0.39, 0.29) is 18.1 Å². The third-order valence-electron chi connectivity index (χ3n) is 3.49. The van der Waals surface area contributed by atoms with Crippen LogP contribution in [-0.2, 0) is 12.4 Å². The van der Waals surface area contributed by atoms with Crippen LogP contribution in [0.3, 0.4) is 0 Å². The molecular formula is C16H16F6N4O. The topological polar surface area (TPSA) is 70.1 Å². The summed E-state index contributed by atoms with van der Waals surface area (Å²) >= 11 is 0. The molecule has 0 saturated carbocycles. The normalized spacial score (nSPS) is 13.4. The molecule has 1 atom stereocenters. The highest BCUT2D eigenvalue weighted by Crippen LogP contribution is 2.34. The number of anilines is 3. The maximum Gasteiger partial charge on any atom is 0.433 e. The number of hydrogen-bond acceptors (Lipinski definition) is 5. The van der Waals surface area contributed by atoms with E-state index in [1.807, 2.05) is 0 Å². The summed E-state index contributed by atoms with van der Waals surface area (Å²) in [4.78, 5) is 7.17. The summed E-state index contributed by atoms with van der Waals surface area (Å²) in [5, 5.41) is 14.0. The van der Waals surface area contributed by atoms with Crippen LogP contribution in [0.5, 0.6) is 0 Å². The number of aliphatic hydroxyl groups is 1. The third kappa shape index (κ3) is 5.46. The Morgan fingerprint density at radius 1 is 1.04 bits per heavy atom. The summed E-state index contributed by atoms with van der Waals surface area (Å²) < 4.78 is 77.8. The maximum absolute atomic E-state index is 13.1. The number of aliphatic hydroxyl groups excluding tert-OH is 1. The lowest BCUT2D eigenvalue weighted by molar-refractivity contribution is -0.141. The Morgan fingerprint density at radius 3 is 2.26 bits per heavy atom. The Morgan fingerprint density at radius 2 is 1.70 bits per heavy atom. The minimum Gasteiger partial charge on any atom is -0.394 e. The Bertz CT molecular complexity index is 806.